The molecule has 1 amide bonds. The molecule has 0 radical (unpaired) electrons. The SMILES string of the molecule is NC(=S)C1CN(C(=O)OCc2ccccc2)CCO1. The Bertz CT molecular complexity index is 452. The van der Waals surface area contributed by atoms with Crippen LogP contribution in [0.2, 0.25) is 0 Å². The van der Waals surface area contributed by atoms with E-state index in [0.717, 1.165) is 5.56 Å². The van der Waals surface area contributed by atoms with E-state index in [1.165, 1.54) is 0 Å². The monoisotopic (exact) mass is 280 g/mol. The molecular weight excluding hydrogens is 264 g/mol. The van der Waals surface area contributed by atoms with Crippen molar-refractivity contribution < 1.29 is 14.3 Å². The Morgan fingerprint density at radius 3 is 2.89 bits per heavy atom. The molecule has 2 rings (SSSR count). The van der Waals surface area contributed by atoms with Crippen LogP contribution in [0.3, 0.4) is 0 Å². The maximum absolute atomic E-state index is 11.9. The molecule has 102 valence electrons. The van der Waals surface area contributed by atoms with Gasteiger partial charge in [-0.3, -0.25) is 0 Å². The second-order valence-electron chi connectivity index (χ2n) is 4.25. The van der Waals surface area contributed by atoms with Gasteiger partial charge >= 0.3 is 6.09 Å². The molecule has 1 aromatic rings. The van der Waals surface area contributed by atoms with E-state index < -0.39 is 0 Å². The van der Waals surface area contributed by atoms with E-state index in [1.54, 1.807) is 4.90 Å². The lowest BCUT2D eigenvalue weighted by molar-refractivity contribution is 0.00192. The van der Waals surface area contributed by atoms with Gasteiger partial charge in [-0.15, -0.1) is 0 Å². The fraction of sp³-hybridized carbons (Fsp3) is 0.385. The van der Waals surface area contributed by atoms with Gasteiger partial charge in [-0.1, -0.05) is 42.5 Å². The largest absolute Gasteiger partial charge is 0.445 e. The van der Waals surface area contributed by atoms with Crippen molar-refractivity contribution >= 4 is 23.3 Å². The quantitative estimate of drug-likeness (QED) is 0.846. The fourth-order valence-electron chi connectivity index (χ4n) is 1.80. The third-order valence-corrected chi connectivity index (χ3v) is 3.11. The predicted octanol–water partition coefficient (Wildman–Crippen LogP) is 1.31. The van der Waals surface area contributed by atoms with Crippen LogP contribution in [0.25, 0.3) is 0 Å². The number of hydrogen-bond acceptors (Lipinski definition) is 4. The number of benzene rings is 1. The third-order valence-electron chi connectivity index (χ3n) is 2.85. The topological polar surface area (TPSA) is 64.8 Å². The normalized spacial score (nSPS) is 18.9. The molecule has 5 nitrogen and oxygen atoms in total. The van der Waals surface area contributed by atoms with Crippen LogP contribution >= 0.6 is 12.2 Å². The number of rotatable bonds is 3. The number of nitrogens with zero attached hydrogens (tertiary/aromatic N) is 1. The van der Waals surface area contributed by atoms with Gasteiger partial charge < -0.3 is 20.1 Å². The lowest BCUT2D eigenvalue weighted by Gasteiger charge is -2.31. The highest BCUT2D eigenvalue weighted by Crippen LogP contribution is 2.09. The minimum absolute atomic E-state index is 0.259. The van der Waals surface area contributed by atoms with Crippen molar-refractivity contribution in [3.63, 3.8) is 0 Å². The number of ether oxygens (including phenoxy) is 2. The number of nitrogens with two attached hydrogens (primary N) is 1. The summed E-state index contributed by atoms with van der Waals surface area (Å²) in [4.78, 5) is 13.7. The average molecular weight is 280 g/mol. The smallest absolute Gasteiger partial charge is 0.410 e. The Morgan fingerprint density at radius 2 is 2.21 bits per heavy atom. The minimum Gasteiger partial charge on any atom is -0.445 e. The van der Waals surface area contributed by atoms with Gasteiger partial charge in [0.1, 0.15) is 17.7 Å². The molecule has 1 aromatic carbocycles. The van der Waals surface area contributed by atoms with Crippen LogP contribution in [0.1, 0.15) is 5.56 Å². The molecule has 1 unspecified atom stereocenters. The zero-order valence-corrected chi connectivity index (χ0v) is 11.3. The molecule has 1 atom stereocenters. The maximum atomic E-state index is 11.9. The zero-order chi connectivity index (χ0) is 13.7. The molecule has 1 saturated heterocycles. The summed E-state index contributed by atoms with van der Waals surface area (Å²) in [6.45, 7) is 1.52. The van der Waals surface area contributed by atoms with Crippen molar-refractivity contribution in [1.29, 1.82) is 0 Å². The standard InChI is InChI=1S/C13H16N2O3S/c14-12(19)11-8-15(6-7-17-11)13(16)18-9-10-4-2-1-3-5-10/h1-5,11H,6-9H2,(H2,14,19). The van der Waals surface area contributed by atoms with E-state index in [9.17, 15) is 4.79 Å². The summed E-state index contributed by atoms with van der Waals surface area (Å²) < 4.78 is 10.6. The van der Waals surface area contributed by atoms with Crippen molar-refractivity contribution in [3.05, 3.63) is 35.9 Å². The Labute approximate surface area is 117 Å². The lowest BCUT2D eigenvalue weighted by Crippen LogP contribution is -2.50. The van der Waals surface area contributed by atoms with Crippen LogP contribution in [0.4, 0.5) is 4.79 Å². The average Bonchev–Trinajstić information content (AvgIpc) is 2.46. The molecule has 1 fully saturated rings. The van der Waals surface area contributed by atoms with Crippen LogP contribution in [0.5, 0.6) is 0 Å². The second kappa shape index (κ2) is 6.49. The molecule has 1 aliphatic rings. The van der Waals surface area contributed by atoms with Crippen LogP contribution < -0.4 is 5.73 Å². The van der Waals surface area contributed by atoms with Crippen molar-refractivity contribution in [2.24, 2.45) is 5.73 Å². The predicted molar refractivity (Wildman–Crippen MR) is 74.7 cm³/mol. The van der Waals surface area contributed by atoms with Crippen molar-refractivity contribution in [2.45, 2.75) is 12.7 Å². The van der Waals surface area contributed by atoms with E-state index >= 15 is 0 Å². The molecule has 6 heteroatoms. The van der Waals surface area contributed by atoms with Crippen molar-refractivity contribution in [2.75, 3.05) is 19.7 Å². The number of amides is 1. The maximum Gasteiger partial charge on any atom is 0.410 e. The van der Waals surface area contributed by atoms with E-state index in [4.69, 9.17) is 27.4 Å². The molecule has 1 heterocycles. The molecule has 2 N–H and O–H groups in total. The van der Waals surface area contributed by atoms with E-state index in [2.05, 4.69) is 0 Å². The Balaban J connectivity index is 1.84. The van der Waals surface area contributed by atoms with Gasteiger partial charge in [-0.05, 0) is 5.56 Å². The first kappa shape index (κ1) is 13.8. The van der Waals surface area contributed by atoms with Gasteiger partial charge in [-0.2, -0.15) is 0 Å². The van der Waals surface area contributed by atoms with Crippen LogP contribution in [-0.2, 0) is 16.1 Å². The van der Waals surface area contributed by atoms with Gasteiger partial charge in [0, 0.05) is 6.54 Å². The molecule has 0 bridgehead atoms. The molecule has 1 aliphatic heterocycles. The highest BCUT2D eigenvalue weighted by molar-refractivity contribution is 7.80. The summed E-state index contributed by atoms with van der Waals surface area (Å²) in [5.41, 5.74) is 6.48. The first-order valence-electron chi connectivity index (χ1n) is 6.03. The van der Waals surface area contributed by atoms with Crippen molar-refractivity contribution in [1.82, 2.24) is 4.90 Å². The second-order valence-corrected chi connectivity index (χ2v) is 4.72. The highest BCUT2D eigenvalue weighted by atomic mass is 32.1. The summed E-state index contributed by atoms with van der Waals surface area (Å²) in [6, 6.07) is 9.54. The first-order valence-corrected chi connectivity index (χ1v) is 6.44. The first-order chi connectivity index (χ1) is 9.16. The summed E-state index contributed by atoms with van der Waals surface area (Å²) in [7, 11) is 0. The summed E-state index contributed by atoms with van der Waals surface area (Å²) >= 11 is 4.87. The highest BCUT2D eigenvalue weighted by Gasteiger charge is 2.26. The summed E-state index contributed by atoms with van der Waals surface area (Å²) in [6.07, 6.45) is -0.749. The van der Waals surface area contributed by atoms with E-state index in [0.29, 0.717) is 19.7 Å². The molecule has 19 heavy (non-hydrogen) atoms. The molecule has 0 aromatic heterocycles. The van der Waals surface area contributed by atoms with Gasteiger partial charge in [0.15, 0.2) is 0 Å². The van der Waals surface area contributed by atoms with Gasteiger partial charge in [-0.25, -0.2) is 4.79 Å². The number of carbonyl (C=O) groups is 1. The van der Waals surface area contributed by atoms with Crippen LogP contribution in [0, 0.1) is 0 Å². The zero-order valence-electron chi connectivity index (χ0n) is 10.5. The van der Waals surface area contributed by atoms with Crippen LogP contribution in [-0.4, -0.2) is 41.8 Å². The lowest BCUT2D eigenvalue weighted by atomic mass is 10.2. The number of hydrogen-bond donors (Lipinski definition) is 1. The van der Waals surface area contributed by atoms with E-state index in [-0.39, 0.29) is 23.8 Å². The van der Waals surface area contributed by atoms with Gasteiger partial charge in [0.05, 0.1) is 13.2 Å². The van der Waals surface area contributed by atoms with Crippen molar-refractivity contribution in [3.8, 4) is 0 Å². The number of thiocarbonyl (C=S) groups is 1. The number of carbonyl (C=O) groups excluding carboxylic acids is 1. The van der Waals surface area contributed by atoms with Crippen LogP contribution in [0.15, 0.2) is 30.3 Å². The molecule has 0 aliphatic carbocycles. The van der Waals surface area contributed by atoms with Gasteiger partial charge in [0.25, 0.3) is 0 Å². The van der Waals surface area contributed by atoms with Gasteiger partial charge in [0.2, 0.25) is 0 Å². The molecule has 0 spiro atoms. The fourth-order valence-corrected chi connectivity index (χ4v) is 1.94. The van der Waals surface area contributed by atoms with E-state index in [1.807, 2.05) is 30.3 Å². The molecule has 0 saturated carbocycles. The minimum atomic E-state index is -0.381. The summed E-state index contributed by atoms with van der Waals surface area (Å²) in [5.74, 6) is 0. The third kappa shape index (κ3) is 3.90. The summed E-state index contributed by atoms with van der Waals surface area (Å²) in [5, 5.41) is 0. The Hall–Kier alpha value is -1.66. The molecular formula is C13H16N2O3S. The number of morpholine rings is 1. The Morgan fingerprint density at radius 1 is 1.47 bits per heavy atom. The Kier molecular flexibility index (Phi) is 4.70.